The standard InChI is InChI=1S/C17H17BrN2O/c1-12(14-5-3-13(10-19)4-6-14)20-11-15-9-16(21-2)7-8-17(15)18/h3-9,12,20H,11H2,1-2H3. The Morgan fingerprint density at radius 1 is 1.24 bits per heavy atom. The molecule has 0 aliphatic rings. The predicted octanol–water partition coefficient (Wildman–Crippen LogP) is 4.18. The maximum Gasteiger partial charge on any atom is 0.119 e. The highest BCUT2D eigenvalue weighted by molar-refractivity contribution is 9.10. The molecule has 1 unspecified atom stereocenters. The zero-order valence-corrected chi connectivity index (χ0v) is 13.6. The third kappa shape index (κ3) is 4.07. The Labute approximate surface area is 133 Å². The van der Waals surface area contributed by atoms with Crippen molar-refractivity contribution < 1.29 is 4.74 Å². The molecule has 2 rings (SSSR count). The monoisotopic (exact) mass is 344 g/mol. The molecule has 0 saturated carbocycles. The van der Waals surface area contributed by atoms with Gasteiger partial charge in [0, 0.05) is 17.1 Å². The highest BCUT2D eigenvalue weighted by Gasteiger charge is 2.07. The number of ether oxygens (including phenoxy) is 1. The zero-order valence-electron chi connectivity index (χ0n) is 12.1. The fourth-order valence-electron chi connectivity index (χ4n) is 2.04. The van der Waals surface area contributed by atoms with Crippen molar-refractivity contribution in [2.75, 3.05) is 7.11 Å². The van der Waals surface area contributed by atoms with E-state index in [-0.39, 0.29) is 6.04 Å². The van der Waals surface area contributed by atoms with Crippen molar-refractivity contribution in [3.05, 3.63) is 63.6 Å². The molecule has 0 bridgehead atoms. The van der Waals surface area contributed by atoms with Crippen LogP contribution in [0.2, 0.25) is 0 Å². The summed E-state index contributed by atoms with van der Waals surface area (Å²) in [5, 5.41) is 12.3. The molecule has 2 aromatic rings. The van der Waals surface area contributed by atoms with Gasteiger partial charge < -0.3 is 10.1 Å². The summed E-state index contributed by atoms with van der Waals surface area (Å²) in [4.78, 5) is 0. The normalized spacial score (nSPS) is 11.7. The lowest BCUT2D eigenvalue weighted by Gasteiger charge is -2.15. The van der Waals surface area contributed by atoms with Gasteiger partial charge in [-0.1, -0.05) is 28.1 Å². The maximum atomic E-state index is 8.82. The molecule has 0 aliphatic heterocycles. The molecule has 0 heterocycles. The van der Waals surface area contributed by atoms with Gasteiger partial charge in [0.15, 0.2) is 0 Å². The lowest BCUT2D eigenvalue weighted by atomic mass is 10.1. The Morgan fingerprint density at radius 2 is 1.95 bits per heavy atom. The molecule has 0 aromatic heterocycles. The second-order valence-electron chi connectivity index (χ2n) is 4.79. The van der Waals surface area contributed by atoms with Crippen LogP contribution in [0.5, 0.6) is 5.75 Å². The molecule has 4 heteroatoms. The van der Waals surface area contributed by atoms with Crippen molar-refractivity contribution >= 4 is 15.9 Å². The summed E-state index contributed by atoms with van der Waals surface area (Å²) >= 11 is 3.55. The van der Waals surface area contributed by atoms with Gasteiger partial charge in [-0.3, -0.25) is 0 Å². The van der Waals surface area contributed by atoms with E-state index in [1.165, 1.54) is 0 Å². The highest BCUT2D eigenvalue weighted by atomic mass is 79.9. The molecule has 0 aliphatic carbocycles. The van der Waals surface area contributed by atoms with Gasteiger partial charge in [-0.25, -0.2) is 0 Å². The van der Waals surface area contributed by atoms with Crippen LogP contribution in [0.4, 0.5) is 0 Å². The topological polar surface area (TPSA) is 45.0 Å². The maximum absolute atomic E-state index is 8.82. The predicted molar refractivity (Wildman–Crippen MR) is 87.1 cm³/mol. The Bertz CT molecular complexity index is 647. The molecule has 1 N–H and O–H groups in total. The number of methoxy groups -OCH3 is 1. The van der Waals surface area contributed by atoms with Gasteiger partial charge in [-0.2, -0.15) is 5.26 Å². The van der Waals surface area contributed by atoms with E-state index >= 15 is 0 Å². The lowest BCUT2D eigenvalue weighted by molar-refractivity contribution is 0.413. The number of nitrogens with one attached hydrogen (secondary N) is 1. The molecular formula is C17H17BrN2O. The number of hydrogen-bond acceptors (Lipinski definition) is 3. The minimum atomic E-state index is 0.204. The Balaban J connectivity index is 2.03. The number of halogens is 1. The van der Waals surface area contributed by atoms with E-state index in [0.717, 1.165) is 27.9 Å². The van der Waals surface area contributed by atoms with Gasteiger partial charge in [0.1, 0.15) is 5.75 Å². The van der Waals surface area contributed by atoms with Gasteiger partial charge in [0.2, 0.25) is 0 Å². The third-order valence-corrected chi connectivity index (χ3v) is 4.16. The average Bonchev–Trinajstić information content (AvgIpc) is 2.54. The van der Waals surface area contributed by atoms with E-state index in [0.29, 0.717) is 5.56 Å². The second-order valence-corrected chi connectivity index (χ2v) is 5.65. The van der Waals surface area contributed by atoms with Crippen LogP contribution in [0, 0.1) is 11.3 Å². The molecular weight excluding hydrogens is 328 g/mol. The number of hydrogen-bond donors (Lipinski definition) is 1. The fourth-order valence-corrected chi connectivity index (χ4v) is 2.43. The minimum absolute atomic E-state index is 0.204. The lowest BCUT2D eigenvalue weighted by Crippen LogP contribution is -2.18. The van der Waals surface area contributed by atoms with Crippen LogP contribution in [-0.4, -0.2) is 7.11 Å². The Morgan fingerprint density at radius 3 is 2.57 bits per heavy atom. The summed E-state index contributed by atoms with van der Waals surface area (Å²) in [6.45, 7) is 2.84. The largest absolute Gasteiger partial charge is 0.497 e. The molecule has 21 heavy (non-hydrogen) atoms. The molecule has 0 radical (unpaired) electrons. The minimum Gasteiger partial charge on any atom is -0.497 e. The molecule has 1 atom stereocenters. The summed E-state index contributed by atoms with van der Waals surface area (Å²) in [6, 6.07) is 15.9. The summed E-state index contributed by atoms with van der Waals surface area (Å²) < 4.78 is 6.31. The Hall–Kier alpha value is -1.83. The first-order chi connectivity index (χ1) is 10.1. The number of rotatable bonds is 5. The molecule has 0 fully saturated rings. The zero-order chi connectivity index (χ0) is 15.2. The molecule has 0 saturated heterocycles. The van der Waals surface area contributed by atoms with Crippen LogP contribution >= 0.6 is 15.9 Å². The van der Waals surface area contributed by atoms with Gasteiger partial charge in [0.25, 0.3) is 0 Å². The van der Waals surface area contributed by atoms with Crippen LogP contribution in [0.15, 0.2) is 46.9 Å². The van der Waals surface area contributed by atoms with E-state index in [2.05, 4.69) is 34.2 Å². The number of nitriles is 1. The van der Waals surface area contributed by atoms with E-state index in [1.54, 1.807) is 7.11 Å². The number of nitrogens with zero attached hydrogens (tertiary/aromatic N) is 1. The van der Waals surface area contributed by atoms with Crippen LogP contribution < -0.4 is 10.1 Å². The van der Waals surface area contributed by atoms with Crippen molar-refractivity contribution in [2.24, 2.45) is 0 Å². The van der Waals surface area contributed by atoms with Crippen molar-refractivity contribution in [2.45, 2.75) is 19.5 Å². The van der Waals surface area contributed by atoms with Gasteiger partial charge in [-0.15, -0.1) is 0 Å². The second kappa shape index (κ2) is 7.26. The molecule has 108 valence electrons. The quantitative estimate of drug-likeness (QED) is 0.884. The van der Waals surface area contributed by atoms with Crippen molar-refractivity contribution in [3.8, 4) is 11.8 Å². The Kier molecular flexibility index (Phi) is 5.38. The molecule has 3 nitrogen and oxygen atoms in total. The summed E-state index contributed by atoms with van der Waals surface area (Å²) in [7, 11) is 1.67. The van der Waals surface area contributed by atoms with Gasteiger partial charge in [-0.05, 0) is 48.4 Å². The van der Waals surface area contributed by atoms with Gasteiger partial charge >= 0.3 is 0 Å². The first-order valence-corrected chi connectivity index (χ1v) is 7.49. The third-order valence-electron chi connectivity index (χ3n) is 3.39. The van der Waals surface area contributed by atoms with Crippen molar-refractivity contribution in [1.82, 2.24) is 5.32 Å². The van der Waals surface area contributed by atoms with Gasteiger partial charge in [0.05, 0.1) is 18.7 Å². The van der Waals surface area contributed by atoms with E-state index in [1.807, 2.05) is 42.5 Å². The summed E-state index contributed by atoms with van der Waals surface area (Å²) in [5.74, 6) is 0.848. The molecule has 0 amide bonds. The highest BCUT2D eigenvalue weighted by Crippen LogP contribution is 2.23. The first-order valence-electron chi connectivity index (χ1n) is 6.70. The van der Waals surface area contributed by atoms with E-state index in [9.17, 15) is 0 Å². The fraction of sp³-hybridized carbons (Fsp3) is 0.235. The summed E-state index contributed by atoms with van der Waals surface area (Å²) in [5.41, 5.74) is 2.99. The van der Waals surface area contributed by atoms with Crippen LogP contribution in [0.3, 0.4) is 0 Å². The van der Waals surface area contributed by atoms with Crippen molar-refractivity contribution in [1.29, 1.82) is 5.26 Å². The summed E-state index contributed by atoms with van der Waals surface area (Å²) in [6.07, 6.45) is 0. The molecule has 0 spiro atoms. The smallest absolute Gasteiger partial charge is 0.119 e. The van der Waals surface area contributed by atoms with Crippen LogP contribution in [0.1, 0.15) is 29.7 Å². The molecule has 2 aromatic carbocycles. The van der Waals surface area contributed by atoms with E-state index < -0.39 is 0 Å². The SMILES string of the molecule is COc1ccc(Br)c(CNC(C)c2ccc(C#N)cc2)c1. The van der Waals surface area contributed by atoms with Crippen LogP contribution in [0.25, 0.3) is 0 Å². The first kappa shape index (κ1) is 15.6. The van der Waals surface area contributed by atoms with Crippen molar-refractivity contribution in [3.63, 3.8) is 0 Å². The number of benzene rings is 2. The average molecular weight is 345 g/mol. The van der Waals surface area contributed by atoms with E-state index in [4.69, 9.17) is 10.00 Å². The van der Waals surface area contributed by atoms with Crippen LogP contribution in [-0.2, 0) is 6.54 Å².